The molecule has 3 rings (SSSR count). The molecule has 23 heavy (non-hydrogen) atoms. The molecule has 0 amide bonds. The molecule has 122 valence electrons. The average molecular weight is 374 g/mol. The molecule has 1 aliphatic heterocycles. The minimum absolute atomic E-state index is 0.107. The summed E-state index contributed by atoms with van der Waals surface area (Å²) in [5.41, 5.74) is 2.20. The SMILES string of the molecule is O[C@H](c1ccc(Br)cc1)[C@@H](CN1CCCCC1)c1ccccc1. The van der Waals surface area contributed by atoms with Gasteiger partial charge < -0.3 is 10.0 Å². The molecule has 1 fully saturated rings. The van der Waals surface area contributed by atoms with Gasteiger partial charge in [-0.15, -0.1) is 0 Å². The first-order valence-corrected chi connectivity index (χ1v) is 9.24. The molecule has 0 saturated carbocycles. The van der Waals surface area contributed by atoms with Gasteiger partial charge in [0.15, 0.2) is 0 Å². The van der Waals surface area contributed by atoms with Gasteiger partial charge in [-0.25, -0.2) is 0 Å². The number of aliphatic hydroxyl groups is 1. The normalized spacial score (nSPS) is 18.5. The van der Waals surface area contributed by atoms with E-state index in [4.69, 9.17) is 0 Å². The lowest BCUT2D eigenvalue weighted by Crippen LogP contribution is -2.35. The molecule has 0 aliphatic carbocycles. The van der Waals surface area contributed by atoms with Gasteiger partial charge in [-0.3, -0.25) is 0 Å². The van der Waals surface area contributed by atoms with Crippen LogP contribution in [0, 0.1) is 0 Å². The highest BCUT2D eigenvalue weighted by atomic mass is 79.9. The minimum Gasteiger partial charge on any atom is -0.388 e. The van der Waals surface area contributed by atoms with Gasteiger partial charge in [0.2, 0.25) is 0 Å². The van der Waals surface area contributed by atoms with Crippen molar-refractivity contribution in [2.45, 2.75) is 31.3 Å². The summed E-state index contributed by atoms with van der Waals surface area (Å²) >= 11 is 3.47. The summed E-state index contributed by atoms with van der Waals surface area (Å²) in [4.78, 5) is 2.50. The maximum atomic E-state index is 11.0. The molecule has 2 aromatic carbocycles. The lowest BCUT2D eigenvalue weighted by atomic mass is 9.88. The van der Waals surface area contributed by atoms with Gasteiger partial charge in [0.05, 0.1) is 6.10 Å². The summed E-state index contributed by atoms with van der Waals surface area (Å²) in [7, 11) is 0. The van der Waals surface area contributed by atoms with Crippen molar-refractivity contribution in [1.82, 2.24) is 4.90 Å². The molecule has 0 bridgehead atoms. The van der Waals surface area contributed by atoms with E-state index in [0.717, 1.165) is 29.7 Å². The van der Waals surface area contributed by atoms with Crippen LogP contribution in [0.5, 0.6) is 0 Å². The van der Waals surface area contributed by atoms with Crippen molar-refractivity contribution < 1.29 is 5.11 Å². The number of nitrogens with zero attached hydrogens (tertiary/aromatic N) is 1. The second-order valence-corrected chi connectivity index (χ2v) is 7.29. The number of benzene rings is 2. The van der Waals surface area contributed by atoms with Crippen LogP contribution < -0.4 is 0 Å². The number of halogens is 1. The van der Waals surface area contributed by atoms with Gasteiger partial charge in [-0.2, -0.15) is 0 Å². The maximum absolute atomic E-state index is 11.0. The predicted molar refractivity (Wildman–Crippen MR) is 98.6 cm³/mol. The van der Waals surface area contributed by atoms with E-state index in [1.807, 2.05) is 30.3 Å². The van der Waals surface area contributed by atoms with Gasteiger partial charge in [-0.1, -0.05) is 64.8 Å². The summed E-state index contributed by atoms with van der Waals surface area (Å²) in [6.45, 7) is 3.22. The molecule has 1 heterocycles. The summed E-state index contributed by atoms with van der Waals surface area (Å²) in [5, 5.41) is 11.0. The Morgan fingerprint density at radius 1 is 0.870 bits per heavy atom. The van der Waals surface area contributed by atoms with E-state index in [2.05, 4.69) is 45.1 Å². The lowest BCUT2D eigenvalue weighted by molar-refractivity contribution is 0.109. The molecule has 2 nitrogen and oxygen atoms in total. The first-order valence-electron chi connectivity index (χ1n) is 8.45. The van der Waals surface area contributed by atoms with Crippen molar-refractivity contribution in [1.29, 1.82) is 0 Å². The molecular formula is C20H24BrNO. The fraction of sp³-hybridized carbons (Fsp3) is 0.400. The number of rotatable bonds is 5. The zero-order valence-corrected chi connectivity index (χ0v) is 15.0. The molecule has 2 aromatic rings. The summed E-state index contributed by atoms with van der Waals surface area (Å²) in [5.74, 6) is 0.107. The third kappa shape index (κ3) is 4.43. The first-order chi connectivity index (χ1) is 11.2. The number of aliphatic hydroxyl groups excluding tert-OH is 1. The second-order valence-electron chi connectivity index (χ2n) is 6.37. The highest BCUT2D eigenvalue weighted by molar-refractivity contribution is 9.10. The highest BCUT2D eigenvalue weighted by Gasteiger charge is 2.25. The Bertz CT molecular complexity index is 593. The molecule has 1 N–H and O–H groups in total. The van der Waals surface area contributed by atoms with E-state index in [-0.39, 0.29) is 5.92 Å². The molecule has 0 aromatic heterocycles. The average Bonchev–Trinajstić information content (AvgIpc) is 2.61. The first kappa shape index (κ1) is 16.7. The minimum atomic E-state index is -0.479. The molecule has 0 unspecified atom stereocenters. The van der Waals surface area contributed by atoms with Crippen LogP contribution in [0.4, 0.5) is 0 Å². The maximum Gasteiger partial charge on any atom is 0.0870 e. The fourth-order valence-electron chi connectivity index (χ4n) is 3.40. The Morgan fingerprint density at radius 3 is 2.17 bits per heavy atom. The molecule has 1 saturated heterocycles. The van der Waals surface area contributed by atoms with E-state index < -0.39 is 6.10 Å². The van der Waals surface area contributed by atoms with Gasteiger partial charge in [-0.05, 0) is 49.2 Å². The van der Waals surface area contributed by atoms with Crippen LogP contribution in [-0.4, -0.2) is 29.6 Å². The third-order valence-electron chi connectivity index (χ3n) is 4.72. The molecule has 3 heteroatoms. The Morgan fingerprint density at radius 2 is 1.52 bits per heavy atom. The Balaban J connectivity index is 1.83. The summed E-state index contributed by atoms with van der Waals surface area (Å²) in [6.07, 6.45) is 3.40. The van der Waals surface area contributed by atoms with Gasteiger partial charge in [0, 0.05) is 16.9 Å². The van der Waals surface area contributed by atoms with Crippen molar-refractivity contribution in [3.63, 3.8) is 0 Å². The Kier molecular flexibility index (Phi) is 5.87. The monoisotopic (exact) mass is 373 g/mol. The number of piperidine rings is 1. The van der Waals surface area contributed by atoms with Gasteiger partial charge in [0.1, 0.15) is 0 Å². The second kappa shape index (κ2) is 8.09. The zero-order chi connectivity index (χ0) is 16.1. The Hall–Kier alpha value is -1.16. The van der Waals surface area contributed by atoms with Crippen LogP contribution in [-0.2, 0) is 0 Å². The molecule has 0 radical (unpaired) electrons. The Labute approximate surface area is 147 Å². The van der Waals surface area contributed by atoms with Crippen molar-refractivity contribution in [2.24, 2.45) is 0 Å². The topological polar surface area (TPSA) is 23.5 Å². The number of likely N-dealkylation sites (tertiary alicyclic amines) is 1. The van der Waals surface area contributed by atoms with Crippen LogP contribution in [0.3, 0.4) is 0 Å². The van der Waals surface area contributed by atoms with Gasteiger partial charge in [0.25, 0.3) is 0 Å². The summed E-state index contributed by atoms with van der Waals surface area (Å²) < 4.78 is 1.04. The van der Waals surface area contributed by atoms with Crippen molar-refractivity contribution in [3.8, 4) is 0 Å². The smallest absolute Gasteiger partial charge is 0.0870 e. The quantitative estimate of drug-likeness (QED) is 0.816. The van der Waals surface area contributed by atoms with E-state index in [0.29, 0.717) is 0 Å². The number of hydrogen-bond acceptors (Lipinski definition) is 2. The van der Waals surface area contributed by atoms with E-state index in [1.165, 1.54) is 24.8 Å². The largest absolute Gasteiger partial charge is 0.388 e. The predicted octanol–water partition coefficient (Wildman–Crippen LogP) is 4.75. The van der Waals surface area contributed by atoms with Crippen LogP contribution in [0.25, 0.3) is 0 Å². The van der Waals surface area contributed by atoms with Gasteiger partial charge >= 0.3 is 0 Å². The van der Waals surface area contributed by atoms with Crippen LogP contribution in [0.15, 0.2) is 59.1 Å². The molecule has 0 spiro atoms. The highest BCUT2D eigenvalue weighted by Crippen LogP contribution is 2.33. The third-order valence-corrected chi connectivity index (χ3v) is 5.25. The fourth-order valence-corrected chi connectivity index (χ4v) is 3.66. The van der Waals surface area contributed by atoms with E-state index in [1.54, 1.807) is 0 Å². The standard InChI is InChI=1S/C20H24BrNO/c21-18-11-9-17(10-12-18)20(23)19(16-7-3-1-4-8-16)15-22-13-5-2-6-14-22/h1,3-4,7-12,19-20,23H,2,5-6,13-15H2/t19-,20+/m0/s1. The van der Waals surface area contributed by atoms with Crippen LogP contribution in [0.1, 0.15) is 42.4 Å². The molecular weight excluding hydrogens is 350 g/mol. The zero-order valence-electron chi connectivity index (χ0n) is 13.4. The number of hydrogen-bond donors (Lipinski definition) is 1. The van der Waals surface area contributed by atoms with Crippen molar-refractivity contribution in [2.75, 3.05) is 19.6 Å². The summed E-state index contributed by atoms with van der Waals surface area (Å²) in [6, 6.07) is 18.5. The van der Waals surface area contributed by atoms with E-state index >= 15 is 0 Å². The molecule has 1 aliphatic rings. The van der Waals surface area contributed by atoms with Crippen molar-refractivity contribution >= 4 is 15.9 Å². The molecule has 2 atom stereocenters. The van der Waals surface area contributed by atoms with Crippen LogP contribution >= 0.6 is 15.9 Å². The van der Waals surface area contributed by atoms with Crippen LogP contribution in [0.2, 0.25) is 0 Å². The van der Waals surface area contributed by atoms with E-state index in [9.17, 15) is 5.11 Å². The lowest BCUT2D eigenvalue weighted by Gasteiger charge is -2.33. The van der Waals surface area contributed by atoms with Crippen molar-refractivity contribution in [3.05, 3.63) is 70.2 Å².